The van der Waals surface area contributed by atoms with Crippen LogP contribution in [-0.2, 0) is 16.0 Å². The second-order valence-electron chi connectivity index (χ2n) is 5.61. The smallest absolute Gasteiger partial charge is 0.227 e. The van der Waals surface area contributed by atoms with E-state index < -0.39 is 0 Å². The Morgan fingerprint density at radius 3 is 2.90 bits per heavy atom. The quantitative estimate of drug-likeness (QED) is 0.803. The lowest BCUT2D eigenvalue weighted by Crippen LogP contribution is -2.52. The van der Waals surface area contributed by atoms with E-state index in [-0.39, 0.29) is 18.1 Å². The Bertz CT molecular complexity index is 489. The minimum atomic E-state index is -0.0459. The van der Waals surface area contributed by atoms with E-state index in [2.05, 4.69) is 18.2 Å². The molecule has 0 saturated carbocycles. The van der Waals surface area contributed by atoms with Gasteiger partial charge in [0.2, 0.25) is 5.91 Å². The van der Waals surface area contributed by atoms with Crippen molar-refractivity contribution in [2.45, 2.75) is 39.3 Å². The van der Waals surface area contributed by atoms with E-state index >= 15 is 0 Å². The normalized spacial score (nSPS) is 22.9. The Hall–Kier alpha value is -1.06. The summed E-state index contributed by atoms with van der Waals surface area (Å²) >= 11 is 5.84. The van der Waals surface area contributed by atoms with Crippen molar-refractivity contribution in [1.29, 1.82) is 0 Å². The first-order valence-corrected chi connectivity index (χ1v) is 7.58. The molecule has 1 aromatic rings. The Balaban J connectivity index is 2.08. The van der Waals surface area contributed by atoms with E-state index in [1.807, 2.05) is 25.7 Å². The van der Waals surface area contributed by atoms with Gasteiger partial charge in [0, 0.05) is 6.54 Å². The Morgan fingerprint density at radius 2 is 2.20 bits per heavy atom. The molecule has 4 heteroatoms. The number of rotatable bonds is 3. The predicted octanol–water partition coefficient (Wildman–Crippen LogP) is 2.70. The van der Waals surface area contributed by atoms with Gasteiger partial charge >= 0.3 is 0 Å². The van der Waals surface area contributed by atoms with Gasteiger partial charge in [-0.15, -0.1) is 11.6 Å². The lowest BCUT2D eigenvalue weighted by atomic mass is 10.0. The second-order valence-corrected chi connectivity index (χ2v) is 5.92. The first-order valence-electron chi connectivity index (χ1n) is 7.04. The molecule has 2 rings (SSSR count). The van der Waals surface area contributed by atoms with E-state index in [0.717, 1.165) is 5.56 Å². The summed E-state index contributed by atoms with van der Waals surface area (Å²) in [6.45, 7) is 7.27. The minimum Gasteiger partial charge on any atom is -0.373 e. The van der Waals surface area contributed by atoms with E-state index in [1.165, 1.54) is 11.1 Å². The molecule has 1 aliphatic rings. The minimum absolute atomic E-state index is 0.0459. The number of aryl methyl sites for hydroxylation is 2. The molecule has 2 unspecified atom stereocenters. The fraction of sp³-hybridized carbons (Fsp3) is 0.562. The molecule has 1 fully saturated rings. The van der Waals surface area contributed by atoms with Crippen LogP contribution < -0.4 is 0 Å². The van der Waals surface area contributed by atoms with Crippen molar-refractivity contribution in [3.05, 3.63) is 34.9 Å². The van der Waals surface area contributed by atoms with Gasteiger partial charge in [-0.2, -0.15) is 0 Å². The van der Waals surface area contributed by atoms with Gasteiger partial charge in [0.15, 0.2) is 0 Å². The highest BCUT2D eigenvalue weighted by Crippen LogP contribution is 2.17. The standard InChI is InChI=1S/C16H22ClNO2/c1-11-4-5-12(2)14(6-11)7-16(19)18-9-15(8-17)20-10-13(18)3/h4-6,13,15H,7-10H2,1-3H3. The molecular formula is C16H22ClNO2. The highest BCUT2D eigenvalue weighted by Gasteiger charge is 2.29. The third-order valence-corrected chi connectivity index (χ3v) is 4.19. The van der Waals surface area contributed by atoms with Gasteiger partial charge in [0.05, 0.1) is 31.1 Å². The number of carbonyl (C=O) groups is 1. The van der Waals surface area contributed by atoms with Crippen molar-refractivity contribution in [2.75, 3.05) is 19.0 Å². The largest absolute Gasteiger partial charge is 0.373 e. The van der Waals surface area contributed by atoms with Crippen LogP contribution in [0, 0.1) is 13.8 Å². The summed E-state index contributed by atoms with van der Waals surface area (Å²) in [5, 5.41) is 0. The molecule has 0 aliphatic carbocycles. The lowest BCUT2D eigenvalue weighted by Gasteiger charge is -2.37. The van der Waals surface area contributed by atoms with Gasteiger partial charge in [0.1, 0.15) is 0 Å². The van der Waals surface area contributed by atoms with Gasteiger partial charge in [-0.05, 0) is 31.9 Å². The number of ether oxygens (including phenoxy) is 1. The van der Waals surface area contributed by atoms with E-state index in [0.29, 0.717) is 25.5 Å². The monoisotopic (exact) mass is 295 g/mol. The summed E-state index contributed by atoms with van der Waals surface area (Å²) in [5.74, 6) is 0.588. The van der Waals surface area contributed by atoms with E-state index in [4.69, 9.17) is 16.3 Å². The number of benzene rings is 1. The van der Waals surface area contributed by atoms with Crippen LogP contribution in [0.5, 0.6) is 0 Å². The maximum atomic E-state index is 12.5. The SMILES string of the molecule is Cc1ccc(C)c(CC(=O)N2CC(CCl)OCC2C)c1. The number of halogens is 1. The summed E-state index contributed by atoms with van der Waals surface area (Å²) in [7, 11) is 0. The van der Waals surface area contributed by atoms with Crippen molar-refractivity contribution in [3.8, 4) is 0 Å². The van der Waals surface area contributed by atoms with E-state index in [1.54, 1.807) is 0 Å². The van der Waals surface area contributed by atoms with Crippen LogP contribution in [0.4, 0.5) is 0 Å². The average molecular weight is 296 g/mol. The molecule has 0 N–H and O–H groups in total. The van der Waals surface area contributed by atoms with Gasteiger partial charge in [-0.1, -0.05) is 23.8 Å². The maximum absolute atomic E-state index is 12.5. The average Bonchev–Trinajstić information content (AvgIpc) is 2.43. The molecule has 0 radical (unpaired) electrons. The van der Waals surface area contributed by atoms with Crippen molar-refractivity contribution in [2.24, 2.45) is 0 Å². The number of alkyl halides is 1. The Kier molecular flexibility index (Phi) is 5.06. The number of carbonyl (C=O) groups excluding carboxylic acids is 1. The maximum Gasteiger partial charge on any atom is 0.227 e. The van der Waals surface area contributed by atoms with Gasteiger partial charge in [0.25, 0.3) is 0 Å². The van der Waals surface area contributed by atoms with Crippen molar-refractivity contribution in [3.63, 3.8) is 0 Å². The number of hydrogen-bond donors (Lipinski definition) is 0. The second kappa shape index (κ2) is 6.59. The number of hydrogen-bond acceptors (Lipinski definition) is 2. The topological polar surface area (TPSA) is 29.5 Å². The van der Waals surface area contributed by atoms with E-state index in [9.17, 15) is 4.79 Å². The molecule has 1 amide bonds. The zero-order chi connectivity index (χ0) is 14.7. The predicted molar refractivity (Wildman–Crippen MR) is 81.3 cm³/mol. The Labute approximate surface area is 125 Å². The summed E-state index contributed by atoms with van der Waals surface area (Å²) in [4.78, 5) is 14.4. The highest BCUT2D eigenvalue weighted by molar-refractivity contribution is 6.18. The zero-order valence-electron chi connectivity index (χ0n) is 12.4. The summed E-state index contributed by atoms with van der Waals surface area (Å²) < 4.78 is 5.59. The lowest BCUT2D eigenvalue weighted by molar-refractivity contribution is -0.142. The van der Waals surface area contributed by atoms with Crippen LogP contribution in [-0.4, -0.2) is 42.0 Å². The first-order chi connectivity index (χ1) is 9.51. The molecule has 0 aromatic heterocycles. The van der Waals surface area contributed by atoms with Crippen LogP contribution in [0.3, 0.4) is 0 Å². The number of morpholine rings is 1. The molecule has 110 valence electrons. The van der Waals surface area contributed by atoms with Crippen LogP contribution in [0.25, 0.3) is 0 Å². The summed E-state index contributed by atoms with van der Waals surface area (Å²) in [6, 6.07) is 6.36. The fourth-order valence-corrected chi connectivity index (χ4v) is 2.70. The van der Waals surface area contributed by atoms with Crippen LogP contribution in [0.2, 0.25) is 0 Å². The summed E-state index contributed by atoms with van der Waals surface area (Å²) in [6.07, 6.45) is 0.405. The third-order valence-electron chi connectivity index (χ3n) is 3.84. The molecule has 1 aromatic carbocycles. The fourth-order valence-electron chi connectivity index (χ4n) is 2.51. The van der Waals surface area contributed by atoms with Gasteiger partial charge in [-0.25, -0.2) is 0 Å². The van der Waals surface area contributed by atoms with Gasteiger partial charge < -0.3 is 9.64 Å². The van der Waals surface area contributed by atoms with Crippen molar-refractivity contribution >= 4 is 17.5 Å². The van der Waals surface area contributed by atoms with Crippen LogP contribution >= 0.6 is 11.6 Å². The molecule has 0 spiro atoms. The third kappa shape index (κ3) is 3.53. The van der Waals surface area contributed by atoms with Gasteiger partial charge in [-0.3, -0.25) is 4.79 Å². The summed E-state index contributed by atoms with van der Waals surface area (Å²) in [5.41, 5.74) is 3.46. The van der Waals surface area contributed by atoms with Crippen molar-refractivity contribution in [1.82, 2.24) is 4.90 Å². The number of nitrogens with zero attached hydrogens (tertiary/aromatic N) is 1. The van der Waals surface area contributed by atoms with Crippen LogP contribution in [0.15, 0.2) is 18.2 Å². The molecule has 20 heavy (non-hydrogen) atoms. The molecule has 1 heterocycles. The molecule has 3 nitrogen and oxygen atoms in total. The highest BCUT2D eigenvalue weighted by atomic mass is 35.5. The molecular weight excluding hydrogens is 274 g/mol. The molecule has 1 aliphatic heterocycles. The number of amides is 1. The Morgan fingerprint density at radius 1 is 1.45 bits per heavy atom. The van der Waals surface area contributed by atoms with Crippen molar-refractivity contribution < 1.29 is 9.53 Å². The molecule has 1 saturated heterocycles. The van der Waals surface area contributed by atoms with Crippen LogP contribution in [0.1, 0.15) is 23.6 Å². The molecule has 2 atom stereocenters. The zero-order valence-corrected chi connectivity index (χ0v) is 13.1. The molecule has 0 bridgehead atoms. The first kappa shape index (κ1) is 15.3.